The third-order valence-electron chi connectivity index (χ3n) is 5.70. The van der Waals surface area contributed by atoms with Crippen molar-refractivity contribution in [3.8, 4) is 11.1 Å². The van der Waals surface area contributed by atoms with E-state index in [1.165, 1.54) is 5.56 Å². The first-order valence-corrected chi connectivity index (χ1v) is 10.9. The third kappa shape index (κ3) is 5.18. The van der Waals surface area contributed by atoms with Crippen LogP contribution in [0.1, 0.15) is 35.2 Å². The van der Waals surface area contributed by atoms with Crippen molar-refractivity contribution >= 4 is 11.8 Å². The summed E-state index contributed by atoms with van der Waals surface area (Å²) in [6.45, 7) is 1.22. The summed E-state index contributed by atoms with van der Waals surface area (Å²) >= 11 is 0. The van der Waals surface area contributed by atoms with E-state index in [0.29, 0.717) is 25.1 Å². The summed E-state index contributed by atoms with van der Waals surface area (Å²) in [5.74, 6) is -0.144. The van der Waals surface area contributed by atoms with Gasteiger partial charge in [-0.25, -0.2) is 0 Å². The van der Waals surface area contributed by atoms with Gasteiger partial charge in [0.2, 0.25) is 5.91 Å². The predicted octanol–water partition coefficient (Wildman–Crippen LogP) is 4.10. The lowest BCUT2D eigenvalue weighted by Gasteiger charge is -2.24. The molecule has 5 heteroatoms. The highest BCUT2D eigenvalue weighted by Crippen LogP contribution is 2.24. The van der Waals surface area contributed by atoms with E-state index in [1.807, 2.05) is 54.6 Å². The van der Waals surface area contributed by atoms with Crippen molar-refractivity contribution in [1.29, 1.82) is 0 Å². The molecule has 1 fully saturated rings. The van der Waals surface area contributed by atoms with Crippen LogP contribution in [-0.4, -0.2) is 40.8 Å². The summed E-state index contributed by atoms with van der Waals surface area (Å²) < 4.78 is 0. The van der Waals surface area contributed by atoms with Crippen LogP contribution in [0.2, 0.25) is 0 Å². The number of pyridine rings is 1. The van der Waals surface area contributed by atoms with Crippen LogP contribution in [0.15, 0.2) is 79.1 Å². The van der Waals surface area contributed by atoms with Gasteiger partial charge in [0.05, 0.1) is 0 Å². The molecule has 3 aromatic rings. The van der Waals surface area contributed by atoms with Crippen LogP contribution < -0.4 is 5.32 Å². The zero-order chi connectivity index (χ0) is 21.5. The normalized spacial score (nSPS) is 15.6. The highest BCUT2D eigenvalue weighted by molar-refractivity contribution is 5.98. The minimum Gasteiger partial charge on any atom is -0.354 e. The molecule has 1 saturated heterocycles. The average molecular weight is 414 g/mol. The third-order valence-corrected chi connectivity index (χ3v) is 5.70. The number of carbonyl (C=O) groups excluding carboxylic acids is 2. The number of rotatable bonds is 7. The van der Waals surface area contributed by atoms with Gasteiger partial charge in [-0.05, 0) is 55.0 Å². The molecule has 5 nitrogen and oxygen atoms in total. The van der Waals surface area contributed by atoms with Gasteiger partial charge in [0, 0.05) is 36.6 Å². The van der Waals surface area contributed by atoms with Gasteiger partial charge < -0.3 is 10.2 Å². The standard InChI is InChI=1S/C26H27N3O2/c30-25(28-16-5-10-20-8-2-1-3-9-20)24-14-7-17-29(24)26(31)22-12-4-11-21(18-22)23-13-6-15-27-19-23/h1-4,6,8-9,11-13,15,18-19,24H,5,7,10,14,16-17H2,(H,28,30). The fourth-order valence-corrected chi connectivity index (χ4v) is 4.08. The molecule has 0 bridgehead atoms. The number of nitrogens with zero attached hydrogens (tertiary/aromatic N) is 2. The lowest BCUT2D eigenvalue weighted by atomic mass is 10.0. The fraction of sp³-hybridized carbons (Fsp3) is 0.269. The second kappa shape index (κ2) is 10.0. The summed E-state index contributed by atoms with van der Waals surface area (Å²) in [5.41, 5.74) is 3.78. The molecule has 2 amide bonds. The van der Waals surface area contributed by atoms with Gasteiger partial charge in [-0.3, -0.25) is 14.6 Å². The van der Waals surface area contributed by atoms with Crippen LogP contribution in [0.25, 0.3) is 11.1 Å². The number of aromatic nitrogens is 1. The topological polar surface area (TPSA) is 62.3 Å². The molecule has 158 valence electrons. The van der Waals surface area contributed by atoms with Crippen molar-refractivity contribution in [3.63, 3.8) is 0 Å². The van der Waals surface area contributed by atoms with Crippen molar-refractivity contribution in [2.24, 2.45) is 0 Å². The Labute approximate surface area is 183 Å². The summed E-state index contributed by atoms with van der Waals surface area (Å²) in [6.07, 6.45) is 6.87. The Bertz CT molecular complexity index is 1020. The number of nitrogens with one attached hydrogen (secondary N) is 1. The van der Waals surface area contributed by atoms with Crippen LogP contribution >= 0.6 is 0 Å². The van der Waals surface area contributed by atoms with Crippen molar-refractivity contribution in [1.82, 2.24) is 15.2 Å². The molecular formula is C26H27N3O2. The molecule has 0 aliphatic carbocycles. The summed E-state index contributed by atoms with van der Waals surface area (Å²) in [5, 5.41) is 3.03. The van der Waals surface area contributed by atoms with Gasteiger partial charge >= 0.3 is 0 Å². The van der Waals surface area contributed by atoms with E-state index in [9.17, 15) is 9.59 Å². The Morgan fingerprint density at radius 2 is 1.84 bits per heavy atom. The van der Waals surface area contributed by atoms with E-state index in [-0.39, 0.29) is 11.8 Å². The van der Waals surface area contributed by atoms with Gasteiger partial charge in [0.15, 0.2) is 0 Å². The van der Waals surface area contributed by atoms with Crippen LogP contribution in [0.3, 0.4) is 0 Å². The highest BCUT2D eigenvalue weighted by atomic mass is 16.2. The molecule has 2 aromatic carbocycles. The number of carbonyl (C=O) groups is 2. The second-order valence-corrected chi connectivity index (χ2v) is 7.86. The smallest absolute Gasteiger partial charge is 0.254 e. The minimum atomic E-state index is -0.397. The van der Waals surface area contributed by atoms with Crippen LogP contribution in [0.4, 0.5) is 0 Å². The van der Waals surface area contributed by atoms with E-state index in [1.54, 1.807) is 17.3 Å². The van der Waals surface area contributed by atoms with Gasteiger partial charge in [-0.1, -0.05) is 48.5 Å². The van der Waals surface area contributed by atoms with Crippen molar-refractivity contribution in [2.75, 3.05) is 13.1 Å². The second-order valence-electron chi connectivity index (χ2n) is 7.86. The van der Waals surface area contributed by atoms with Crippen LogP contribution in [0, 0.1) is 0 Å². The first-order chi connectivity index (χ1) is 15.2. The monoisotopic (exact) mass is 413 g/mol. The summed E-state index contributed by atoms with van der Waals surface area (Å²) in [4.78, 5) is 31.8. The molecule has 4 rings (SSSR count). The lowest BCUT2D eigenvalue weighted by molar-refractivity contribution is -0.124. The Morgan fingerprint density at radius 3 is 2.65 bits per heavy atom. The highest BCUT2D eigenvalue weighted by Gasteiger charge is 2.34. The maximum absolute atomic E-state index is 13.2. The molecule has 0 saturated carbocycles. The van der Waals surface area contributed by atoms with E-state index >= 15 is 0 Å². The Kier molecular flexibility index (Phi) is 6.72. The largest absolute Gasteiger partial charge is 0.354 e. The molecular weight excluding hydrogens is 386 g/mol. The number of benzene rings is 2. The Balaban J connectivity index is 1.36. The molecule has 2 heterocycles. The number of aryl methyl sites for hydroxylation is 1. The first-order valence-electron chi connectivity index (χ1n) is 10.9. The maximum atomic E-state index is 13.2. The average Bonchev–Trinajstić information content (AvgIpc) is 3.33. The number of amides is 2. The zero-order valence-electron chi connectivity index (χ0n) is 17.5. The van der Waals surface area contributed by atoms with Gasteiger partial charge in [0.1, 0.15) is 6.04 Å². The van der Waals surface area contributed by atoms with Crippen molar-refractivity contribution < 1.29 is 9.59 Å². The molecule has 1 N–H and O–H groups in total. The zero-order valence-corrected chi connectivity index (χ0v) is 17.5. The SMILES string of the molecule is O=C(NCCCc1ccccc1)C1CCCN1C(=O)c1cccc(-c2cccnc2)c1. The Hall–Kier alpha value is -3.47. The fourth-order valence-electron chi connectivity index (χ4n) is 4.08. The molecule has 1 unspecified atom stereocenters. The quantitative estimate of drug-likeness (QED) is 0.593. The van der Waals surface area contributed by atoms with E-state index in [4.69, 9.17) is 0 Å². The van der Waals surface area contributed by atoms with Crippen molar-refractivity contribution in [3.05, 3.63) is 90.3 Å². The first kappa shape index (κ1) is 20.8. The lowest BCUT2D eigenvalue weighted by Crippen LogP contribution is -2.46. The molecule has 31 heavy (non-hydrogen) atoms. The maximum Gasteiger partial charge on any atom is 0.254 e. The number of hydrogen-bond acceptors (Lipinski definition) is 3. The molecule has 0 radical (unpaired) electrons. The molecule has 1 aliphatic rings. The summed E-state index contributed by atoms with van der Waals surface area (Å²) in [6, 6.07) is 21.2. The molecule has 1 aliphatic heterocycles. The Morgan fingerprint density at radius 1 is 1.00 bits per heavy atom. The van der Waals surface area contributed by atoms with E-state index in [2.05, 4.69) is 22.4 Å². The molecule has 0 spiro atoms. The van der Waals surface area contributed by atoms with Gasteiger partial charge in [-0.15, -0.1) is 0 Å². The minimum absolute atomic E-state index is 0.0534. The molecule has 1 aromatic heterocycles. The van der Waals surface area contributed by atoms with E-state index < -0.39 is 6.04 Å². The predicted molar refractivity (Wildman–Crippen MR) is 122 cm³/mol. The van der Waals surface area contributed by atoms with Gasteiger partial charge in [-0.2, -0.15) is 0 Å². The van der Waals surface area contributed by atoms with Crippen molar-refractivity contribution in [2.45, 2.75) is 31.7 Å². The van der Waals surface area contributed by atoms with Gasteiger partial charge in [0.25, 0.3) is 5.91 Å². The van der Waals surface area contributed by atoms with Crippen LogP contribution in [-0.2, 0) is 11.2 Å². The summed E-state index contributed by atoms with van der Waals surface area (Å²) in [7, 11) is 0. The molecule has 1 atom stereocenters. The van der Waals surface area contributed by atoms with Crippen LogP contribution in [0.5, 0.6) is 0 Å². The number of hydrogen-bond donors (Lipinski definition) is 1. The number of likely N-dealkylation sites (tertiary alicyclic amines) is 1. The van der Waals surface area contributed by atoms with E-state index in [0.717, 1.165) is 30.4 Å².